The van der Waals surface area contributed by atoms with E-state index in [-0.39, 0.29) is 23.6 Å². The summed E-state index contributed by atoms with van der Waals surface area (Å²) in [5.41, 5.74) is 2.71. The number of pyridine rings is 2. The molecule has 0 saturated heterocycles. The molecule has 3 unspecified atom stereocenters. The van der Waals surface area contributed by atoms with Crippen LogP contribution >= 0.6 is 0 Å². The average molecular weight is 455 g/mol. The summed E-state index contributed by atoms with van der Waals surface area (Å²) in [6.45, 7) is 4.87. The van der Waals surface area contributed by atoms with Crippen LogP contribution in [0.25, 0.3) is 10.9 Å². The molecule has 0 aromatic carbocycles. The van der Waals surface area contributed by atoms with Crippen LogP contribution < -0.4 is 16.2 Å². The fourth-order valence-electron chi connectivity index (χ4n) is 5.69. The molecule has 0 radical (unpaired) electrons. The highest BCUT2D eigenvalue weighted by atomic mass is 16.5. The second kappa shape index (κ2) is 10.2. The Morgan fingerprint density at radius 2 is 1.94 bits per heavy atom. The van der Waals surface area contributed by atoms with Crippen molar-refractivity contribution in [2.45, 2.75) is 76.9 Å². The predicted molar refractivity (Wildman–Crippen MR) is 131 cm³/mol. The third kappa shape index (κ3) is 5.40. The van der Waals surface area contributed by atoms with Crippen molar-refractivity contribution in [3.8, 4) is 0 Å². The topological polar surface area (TPSA) is 85.2 Å². The molecule has 0 bridgehead atoms. The molecule has 7 heteroatoms. The van der Waals surface area contributed by atoms with Gasteiger partial charge in [0.2, 0.25) is 0 Å². The number of nitrogens with one attached hydrogen (secondary N) is 2. The van der Waals surface area contributed by atoms with E-state index >= 15 is 0 Å². The van der Waals surface area contributed by atoms with Gasteiger partial charge >= 0.3 is 6.03 Å². The SMILES string of the molecule is COC1CCC(CNC(=O)NC2CCC(C)C(c3cc4cnc(C)cc4n(C)c3=O)C2)CC1. The summed E-state index contributed by atoms with van der Waals surface area (Å²) in [6, 6.07) is 3.96. The van der Waals surface area contributed by atoms with Crippen LogP contribution in [-0.4, -0.2) is 41.4 Å². The first-order chi connectivity index (χ1) is 15.9. The summed E-state index contributed by atoms with van der Waals surface area (Å²) in [4.78, 5) is 30.2. The minimum atomic E-state index is -0.0896. The highest BCUT2D eigenvalue weighted by molar-refractivity contribution is 5.79. The van der Waals surface area contributed by atoms with Crippen LogP contribution in [0.3, 0.4) is 0 Å². The van der Waals surface area contributed by atoms with Gasteiger partial charge in [-0.05, 0) is 81.8 Å². The summed E-state index contributed by atoms with van der Waals surface area (Å²) in [6.07, 6.45) is 9.29. The molecule has 3 atom stereocenters. The van der Waals surface area contributed by atoms with Crippen LogP contribution in [-0.2, 0) is 11.8 Å². The number of methoxy groups -OCH3 is 1. The van der Waals surface area contributed by atoms with E-state index < -0.39 is 0 Å². The van der Waals surface area contributed by atoms with Gasteiger partial charge in [0, 0.05) is 49.6 Å². The highest BCUT2D eigenvalue weighted by Gasteiger charge is 2.32. The van der Waals surface area contributed by atoms with Crippen LogP contribution in [0.2, 0.25) is 0 Å². The Morgan fingerprint density at radius 3 is 2.67 bits per heavy atom. The normalized spacial score (nSPS) is 27.9. The van der Waals surface area contributed by atoms with Crippen LogP contribution in [0.1, 0.15) is 69.0 Å². The second-order valence-corrected chi connectivity index (χ2v) is 10.2. The predicted octanol–water partition coefficient (Wildman–Crippen LogP) is 4.02. The molecule has 0 aliphatic heterocycles. The largest absolute Gasteiger partial charge is 0.381 e. The molecule has 0 spiro atoms. The fourth-order valence-corrected chi connectivity index (χ4v) is 5.69. The van der Waals surface area contributed by atoms with Crippen LogP contribution in [0.15, 0.2) is 23.1 Å². The summed E-state index contributed by atoms with van der Waals surface area (Å²) >= 11 is 0. The highest BCUT2D eigenvalue weighted by Crippen LogP contribution is 2.37. The molecule has 33 heavy (non-hydrogen) atoms. The number of hydrogen-bond donors (Lipinski definition) is 2. The number of rotatable bonds is 5. The number of ether oxygens (including phenoxy) is 1. The second-order valence-electron chi connectivity index (χ2n) is 10.2. The number of urea groups is 1. The van der Waals surface area contributed by atoms with Gasteiger partial charge < -0.3 is 19.9 Å². The summed E-state index contributed by atoms with van der Waals surface area (Å²) in [5.74, 6) is 1.04. The van der Waals surface area contributed by atoms with Crippen molar-refractivity contribution in [1.29, 1.82) is 0 Å². The molecule has 7 nitrogen and oxygen atoms in total. The van der Waals surface area contributed by atoms with Crippen LogP contribution in [0, 0.1) is 18.8 Å². The Kier molecular flexibility index (Phi) is 7.37. The Bertz CT molecular complexity index is 1040. The number of hydrogen-bond acceptors (Lipinski definition) is 4. The first-order valence-corrected chi connectivity index (χ1v) is 12.4. The quantitative estimate of drug-likeness (QED) is 0.715. The maximum Gasteiger partial charge on any atom is 0.315 e. The van der Waals surface area contributed by atoms with Gasteiger partial charge in [0.05, 0.1) is 11.6 Å². The Morgan fingerprint density at radius 1 is 1.18 bits per heavy atom. The molecule has 2 N–H and O–H groups in total. The third-order valence-corrected chi connectivity index (χ3v) is 7.88. The molecule has 4 rings (SSSR count). The zero-order chi connectivity index (χ0) is 23.5. The third-order valence-electron chi connectivity index (χ3n) is 7.88. The van der Waals surface area contributed by atoms with Crippen molar-refractivity contribution in [2.75, 3.05) is 13.7 Å². The maximum absolute atomic E-state index is 13.2. The van der Waals surface area contributed by atoms with Crippen molar-refractivity contribution in [1.82, 2.24) is 20.2 Å². The van der Waals surface area contributed by atoms with Crippen LogP contribution in [0.4, 0.5) is 4.79 Å². The number of aromatic nitrogens is 2. The van der Waals surface area contributed by atoms with E-state index in [1.165, 1.54) is 0 Å². The lowest BCUT2D eigenvalue weighted by Gasteiger charge is -2.35. The number of carbonyl (C=O) groups is 1. The molecule has 2 fully saturated rings. The lowest BCUT2D eigenvalue weighted by atomic mass is 9.74. The van der Waals surface area contributed by atoms with Gasteiger partial charge in [-0.1, -0.05) is 6.92 Å². The molecule has 2 saturated carbocycles. The molecule has 2 aromatic heterocycles. The molecule has 180 valence electrons. The first-order valence-electron chi connectivity index (χ1n) is 12.4. The molecule has 2 aliphatic carbocycles. The number of aryl methyl sites for hydroxylation is 2. The zero-order valence-corrected chi connectivity index (χ0v) is 20.4. The van der Waals surface area contributed by atoms with Crippen molar-refractivity contribution in [3.05, 3.63) is 39.9 Å². The maximum atomic E-state index is 13.2. The number of amides is 2. The van der Waals surface area contributed by atoms with Gasteiger partial charge in [0.1, 0.15) is 0 Å². The molecule has 2 aliphatic rings. The fraction of sp³-hybridized carbons (Fsp3) is 0.654. The van der Waals surface area contributed by atoms with Gasteiger partial charge in [-0.3, -0.25) is 9.78 Å². The van der Waals surface area contributed by atoms with E-state index in [0.717, 1.165) is 67.1 Å². The lowest BCUT2D eigenvalue weighted by Crippen LogP contribution is -2.46. The summed E-state index contributed by atoms with van der Waals surface area (Å²) in [7, 11) is 3.62. The molecule has 2 amide bonds. The van der Waals surface area contributed by atoms with E-state index in [4.69, 9.17) is 4.74 Å². The smallest absolute Gasteiger partial charge is 0.315 e. The van der Waals surface area contributed by atoms with Crippen molar-refractivity contribution < 1.29 is 9.53 Å². The van der Waals surface area contributed by atoms with Gasteiger partial charge in [-0.25, -0.2) is 4.79 Å². The molecule has 2 aromatic rings. The molecular formula is C26H38N4O3. The van der Waals surface area contributed by atoms with E-state index in [2.05, 4.69) is 22.5 Å². The monoisotopic (exact) mass is 454 g/mol. The zero-order valence-electron chi connectivity index (χ0n) is 20.4. The number of carbonyl (C=O) groups excluding carboxylic acids is 1. The number of fused-ring (bicyclic) bond motifs is 1. The van der Waals surface area contributed by atoms with Gasteiger partial charge in [-0.15, -0.1) is 0 Å². The Balaban J connectivity index is 1.39. The van der Waals surface area contributed by atoms with Gasteiger partial charge in [0.15, 0.2) is 0 Å². The molecule has 2 heterocycles. The lowest BCUT2D eigenvalue weighted by molar-refractivity contribution is 0.0571. The van der Waals surface area contributed by atoms with Gasteiger partial charge in [-0.2, -0.15) is 0 Å². The Hall–Kier alpha value is -2.41. The van der Waals surface area contributed by atoms with E-state index in [1.54, 1.807) is 11.7 Å². The molecular weight excluding hydrogens is 416 g/mol. The number of nitrogens with zero attached hydrogens (tertiary/aromatic N) is 2. The van der Waals surface area contributed by atoms with Crippen molar-refractivity contribution >= 4 is 16.9 Å². The minimum Gasteiger partial charge on any atom is -0.381 e. The Labute approximate surface area is 196 Å². The summed E-state index contributed by atoms with van der Waals surface area (Å²) in [5, 5.41) is 7.25. The minimum absolute atomic E-state index is 0.0571. The summed E-state index contributed by atoms with van der Waals surface area (Å²) < 4.78 is 7.18. The van der Waals surface area contributed by atoms with E-state index in [0.29, 0.717) is 24.5 Å². The van der Waals surface area contributed by atoms with Crippen molar-refractivity contribution in [2.24, 2.45) is 18.9 Å². The van der Waals surface area contributed by atoms with Crippen LogP contribution in [0.5, 0.6) is 0 Å². The van der Waals surface area contributed by atoms with Crippen molar-refractivity contribution in [3.63, 3.8) is 0 Å². The standard InChI is InChI=1S/C26H38N4O3/c1-16-5-8-20(29-26(32)28-14-18-6-9-21(33-4)10-7-18)13-22(16)23-12-19-15-27-17(2)11-24(19)30(3)25(23)31/h11-12,15-16,18,20-22H,5-10,13-14H2,1-4H3,(H2,28,29,32). The van der Waals surface area contributed by atoms with E-state index in [9.17, 15) is 9.59 Å². The van der Waals surface area contributed by atoms with E-state index in [1.807, 2.05) is 32.3 Å². The average Bonchev–Trinajstić information content (AvgIpc) is 2.82. The first kappa shape index (κ1) is 23.7. The van der Waals surface area contributed by atoms with Gasteiger partial charge in [0.25, 0.3) is 5.56 Å².